The average Bonchev–Trinajstić information content (AvgIpc) is 2.72. The molecule has 0 unspecified atom stereocenters. The molecule has 38 heavy (non-hydrogen) atoms. The maximum Gasteiger partial charge on any atom is 0.234 e. The zero-order chi connectivity index (χ0) is 29.3. The van der Waals surface area contributed by atoms with Gasteiger partial charge in [0.2, 0.25) is 5.96 Å². The smallest absolute Gasteiger partial charge is 0.234 e. The fourth-order valence-corrected chi connectivity index (χ4v) is 3.86. The van der Waals surface area contributed by atoms with E-state index in [9.17, 15) is 10.2 Å². The van der Waals surface area contributed by atoms with Crippen molar-refractivity contribution in [3.8, 4) is 11.5 Å². The van der Waals surface area contributed by atoms with Crippen molar-refractivity contribution in [2.45, 2.75) is 105 Å². The van der Waals surface area contributed by atoms with Crippen molar-refractivity contribution in [2.75, 3.05) is 0 Å². The van der Waals surface area contributed by atoms with Crippen molar-refractivity contribution in [3.05, 3.63) is 57.6 Å². The van der Waals surface area contributed by atoms with E-state index in [4.69, 9.17) is 5.73 Å². The fourth-order valence-electron chi connectivity index (χ4n) is 3.86. The third-order valence-electron chi connectivity index (χ3n) is 6.37. The first-order valence-corrected chi connectivity index (χ1v) is 13.0. The van der Waals surface area contributed by atoms with Gasteiger partial charge in [-0.15, -0.1) is 5.10 Å². The normalized spacial score (nSPS) is 14.1. The maximum atomic E-state index is 10.9. The van der Waals surface area contributed by atoms with Crippen LogP contribution in [0.4, 0.5) is 0 Å². The molecule has 0 aromatic heterocycles. The van der Waals surface area contributed by atoms with E-state index in [0.29, 0.717) is 11.1 Å². The van der Waals surface area contributed by atoms with Gasteiger partial charge in [-0.3, -0.25) is 0 Å². The summed E-state index contributed by atoms with van der Waals surface area (Å²) in [6.07, 6.45) is 3.02. The second-order valence-corrected chi connectivity index (χ2v) is 14.0. The van der Waals surface area contributed by atoms with E-state index in [-0.39, 0.29) is 39.1 Å². The molecule has 208 valence electrons. The van der Waals surface area contributed by atoms with Crippen molar-refractivity contribution in [1.82, 2.24) is 5.43 Å². The predicted octanol–water partition coefficient (Wildman–Crippen LogP) is 6.56. The van der Waals surface area contributed by atoms with Crippen LogP contribution in [-0.2, 0) is 21.7 Å². The number of phenolic OH excluding ortho intramolecular Hbond substituents is 2. The van der Waals surface area contributed by atoms with Crippen LogP contribution in [0.2, 0.25) is 0 Å². The molecule has 5 N–H and O–H groups in total. The molecule has 0 aliphatic heterocycles. The molecule has 2 rings (SSSR count). The number of rotatable bonds is 4. The standard InChI is InChI=1S/C31H47N5O2/c1-28(2,3)21-13-19(25(37)23(15-21)30(7,8)9)17-33-35-27(32)36-34-18-20-14-22(29(4,5)6)16-24(26(20)38)31(10,11)12/h13-18,37-38H,1-12H3,(H3,32,35,36). The summed E-state index contributed by atoms with van der Waals surface area (Å²) in [4.78, 5) is 0. The molecule has 0 saturated heterocycles. The van der Waals surface area contributed by atoms with Gasteiger partial charge in [-0.25, -0.2) is 5.43 Å². The van der Waals surface area contributed by atoms with Gasteiger partial charge >= 0.3 is 0 Å². The van der Waals surface area contributed by atoms with Crippen LogP contribution in [-0.4, -0.2) is 28.6 Å². The highest BCUT2D eigenvalue weighted by atomic mass is 16.3. The van der Waals surface area contributed by atoms with E-state index >= 15 is 0 Å². The quantitative estimate of drug-likeness (QED) is 0.207. The lowest BCUT2D eigenvalue weighted by Crippen LogP contribution is -2.26. The van der Waals surface area contributed by atoms with Crippen LogP contribution in [0.25, 0.3) is 0 Å². The highest BCUT2D eigenvalue weighted by Gasteiger charge is 2.25. The predicted molar refractivity (Wildman–Crippen MR) is 161 cm³/mol. The van der Waals surface area contributed by atoms with Crippen LogP contribution in [0.1, 0.15) is 116 Å². The monoisotopic (exact) mass is 521 g/mol. The highest BCUT2D eigenvalue weighted by Crippen LogP contribution is 2.38. The first-order chi connectivity index (χ1) is 17.1. The molecule has 7 nitrogen and oxygen atoms in total. The molecule has 0 fully saturated rings. The number of nitrogens with two attached hydrogens (primary N) is 1. The number of hydrazone groups is 1. The number of phenols is 2. The Morgan fingerprint density at radius 2 is 1.05 bits per heavy atom. The number of aromatic hydroxyl groups is 2. The summed E-state index contributed by atoms with van der Waals surface area (Å²) < 4.78 is 0. The summed E-state index contributed by atoms with van der Waals surface area (Å²) in [6, 6.07) is 7.96. The lowest BCUT2D eigenvalue weighted by molar-refractivity contribution is 0.443. The molecule has 0 bridgehead atoms. The van der Waals surface area contributed by atoms with Crippen LogP contribution >= 0.6 is 0 Å². The molecule has 0 aliphatic carbocycles. The zero-order valence-electron chi connectivity index (χ0n) is 25.3. The van der Waals surface area contributed by atoms with Crippen molar-refractivity contribution in [1.29, 1.82) is 0 Å². The Kier molecular flexibility index (Phi) is 8.77. The number of nitrogens with zero attached hydrogens (tertiary/aromatic N) is 3. The highest BCUT2D eigenvalue weighted by molar-refractivity contribution is 5.88. The summed E-state index contributed by atoms with van der Waals surface area (Å²) in [6.45, 7) is 25.2. The molecule has 2 aromatic rings. The fraction of sp³-hybridized carbons (Fsp3) is 0.516. The first kappa shape index (κ1) is 30.9. The molecule has 0 atom stereocenters. The number of hydrogen-bond donors (Lipinski definition) is 4. The molecule has 7 heteroatoms. The van der Waals surface area contributed by atoms with E-state index in [2.05, 4.69) is 116 Å². The van der Waals surface area contributed by atoms with Crippen molar-refractivity contribution < 1.29 is 10.2 Å². The second kappa shape index (κ2) is 10.8. The maximum absolute atomic E-state index is 10.9. The van der Waals surface area contributed by atoms with Gasteiger partial charge < -0.3 is 15.9 Å². The van der Waals surface area contributed by atoms with Crippen LogP contribution in [0, 0.1) is 0 Å². The number of nitrogens with one attached hydrogen (secondary N) is 1. The molecule has 0 heterocycles. The Morgan fingerprint density at radius 3 is 1.42 bits per heavy atom. The lowest BCUT2D eigenvalue weighted by Gasteiger charge is -2.26. The molecule has 0 amide bonds. The Balaban J connectivity index is 2.34. The number of guanidine groups is 1. The van der Waals surface area contributed by atoms with Gasteiger partial charge in [0.25, 0.3) is 0 Å². The lowest BCUT2D eigenvalue weighted by atomic mass is 9.79. The van der Waals surface area contributed by atoms with Crippen LogP contribution in [0.3, 0.4) is 0 Å². The summed E-state index contributed by atoms with van der Waals surface area (Å²) in [7, 11) is 0. The van der Waals surface area contributed by atoms with Crippen molar-refractivity contribution >= 4 is 18.4 Å². The minimum atomic E-state index is -0.241. The third kappa shape index (κ3) is 7.83. The van der Waals surface area contributed by atoms with Crippen LogP contribution in [0.15, 0.2) is 39.6 Å². The molecule has 0 spiro atoms. The summed E-state index contributed by atoms with van der Waals surface area (Å²) in [5.74, 6) is 0.341. The average molecular weight is 522 g/mol. The molecule has 0 saturated carbocycles. The number of hydrogen-bond acceptors (Lipinski definition) is 5. The molecule has 0 aliphatic rings. The topological polar surface area (TPSA) is 116 Å². The van der Waals surface area contributed by atoms with Crippen LogP contribution in [0.5, 0.6) is 11.5 Å². The SMILES string of the molecule is CC(C)(C)c1cc(C=N/N=C(/N)NN=Cc2cc(C(C)(C)C)cc(C(C)(C)C)c2O)c(O)c(C(C)(C)C)c1. The molecule has 2 aromatic carbocycles. The van der Waals surface area contributed by atoms with E-state index in [1.165, 1.54) is 12.4 Å². The van der Waals surface area contributed by atoms with Gasteiger partial charge in [0.15, 0.2) is 0 Å². The Hall–Kier alpha value is -3.35. The van der Waals surface area contributed by atoms with Crippen molar-refractivity contribution in [2.24, 2.45) is 21.0 Å². The van der Waals surface area contributed by atoms with Gasteiger partial charge in [0.1, 0.15) is 11.5 Å². The van der Waals surface area contributed by atoms with Crippen molar-refractivity contribution in [3.63, 3.8) is 0 Å². The minimum absolute atomic E-state index is 0.0254. The van der Waals surface area contributed by atoms with Gasteiger partial charge in [-0.2, -0.15) is 10.2 Å². The van der Waals surface area contributed by atoms with Gasteiger partial charge in [-0.05, 0) is 44.9 Å². The largest absolute Gasteiger partial charge is 0.507 e. The first-order valence-electron chi connectivity index (χ1n) is 13.0. The zero-order valence-corrected chi connectivity index (χ0v) is 25.3. The van der Waals surface area contributed by atoms with Crippen LogP contribution < -0.4 is 11.2 Å². The van der Waals surface area contributed by atoms with Gasteiger partial charge in [0, 0.05) is 22.3 Å². The summed E-state index contributed by atoms with van der Waals surface area (Å²) >= 11 is 0. The van der Waals surface area contributed by atoms with Gasteiger partial charge in [0.05, 0.1) is 12.4 Å². The summed E-state index contributed by atoms with van der Waals surface area (Å²) in [5, 5.41) is 34.0. The molecular formula is C31H47N5O2. The van der Waals surface area contributed by atoms with Gasteiger partial charge in [-0.1, -0.05) is 95.2 Å². The Labute approximate surface area is 229 Å². The Bertz CT molecular complexity index is 1250. The third-order valence-corrected chi connectivity index (χ3v) is 6.37. The second-order valence-electron chi connectivity index (χ2n) is 14.0. The molecule has 0 radical (unpaired) electrons. The molecular weight excluding hydrogens is 474 g/mol. The van der Waals surface area contributed by atoms with E-state index in [0.717, 1.165) is 22.3 Å². The summed E-state index contributed by atoms with van der Waals surface area (Å²) in [5.41, 5.74) is 13.0. The van der Waals surface area contributed by atoms with E-state index < -0.39 is 0 Å². The Morgan fingerprint density at radius 1 is 0.658 bits per heavy atom. The van der Waals surface area contributed by atoms with E-state index in [1.54, 1.807) is 0 Å². The van der Waals surface area contributed by atoms with E-state index in [1.807, 2.05) is 12.1 Å². The number of benzene rings is 2. The minimum Gasteiger partial charge on any atom is -0.507 e.